The minimum Gasteiger partial charge on any atom is -0.496 e. The molecule has 0 saturated heterocycles. The van der Waals surface area contributed by atoms with Crippen molar-refractivity contribution in [2.45, 2.75) is 58.8 Å². The third-order valence-corrected chi connectivity index (χ3v) is 5.47. The Balaban J connectivity index is 2.26. The lowest BCUT2D eigenvalue weighted by Gasteiger charge is -2.27. The van der Waals surface area contributed by atoms with Crippen molar-refractivity contribution >= 4 is 11.9 Å². The molecule has 0 N–H and O–H groups in total. The number of ether oxygens (including phenoxy) is 1. The minimum atomic E-state index is 0.198. The molecule has 0 aromatic heterocycles. The monoisotopic (exact) mass is 340 g/mol. The summed E-state index contributed by atoms with van der Waals surface area (Å²) in [5, 5.41) is 0. The number of methoxy groups -OCH3 is 1. The lowest BCUT2D eigenvalue weighted by atomic mass is 9.79. The Hall–Kier alpha value is -1.83. The van der Waals surface area contributed by atoms with Crippen LogP contribution in [0.15, 0.2) is 36.4 Å². The molecular weight excluding hydrogens is 308 g/mol. The number of benzene rings is 1. The molecule has 0 amide bonds. The Morgan fingerprint density at radius 2 is 2.04 bits per heavy atom. The maximum atomic E-state index is 11.3. The van der Waals surface area contributed by atoms with Crippen LogP contribution in [0.2, 0.25) is 0 Å². The SMILES string of the molecule is C=C(C)C(CCC1CCCCC1)/C(=C\C=O)c1ccc(C)cc1OC. The quantitative estimate of drug-likeness (QED) is 0.323. The molecule has 2 rings (SSSR count). The highest BCUT2D eigenvalue weighted by Crippen LogP contribution is 2.39. The van der Waals surface area contributed by atoms with Crippen LogP contribution in [-0.2, 0) is 4.79 Å². The Kier molecular flexibility index (Phi) is 7.49. The van der Waals surface area contributed by atoms with E-state index in [0.717, 1.165) is 46.6 Å². The smallest absolute Gasteiger partial charge is 0.143 e. The second-order valence-corrected chi connectivity index (χ2v) is 7.44. The molecule has 0 heterocycles. The molecule has 1 aromatic carbocycles. The number of aldehydes is 1. The van der Waals surface area contributed by atoms with E-state index in [9.17, 15) is 4.79 Å². The van der Waals surface area contributed by atoms with E-state index in [1.165, 1.54) is 38.5 Å². The summed E-state index contributed by atoms with van der Waals surface area (Å²) >= 11 is 0. The van der Waals surface area contributed by atoms with E-state index < -0.39 is 0 Å². The first-order chi connectivity index (χ1) is 12.1. The number of carbonyl (C=O) groups excluding carboxylic acids is 1. The van der Waals surface area contributed by atoms with Crippen LogP contribution in [0.1, 0.15) is 63.0 Å². The lowest BCUT2D eigenvalue weighted by Crippen LogP contribution is -2.12. The van der Waals surface area contributed by atoms with E-state index in [-0.39, 0.29) is 5.92 Å². The van der Waals surface area contributed by atoms with Crippen LogP contribution < -0.4 is 4.74 Å². The molecule has 1 saturated carbocycles. The van der Waals surface area contributed by atoms with Gasteiger partial charge in [-0.2, -0.15) is 0 Å². The summed E-state index contributed by atoms with van der Waals surface area (Å²) in [5.41, 5.74) is 4.32. The molecule has 0 bridgehead atoms. The number of aryl methyl sites for hydroxylation is 1. The number of carbonyl (C=O) groups is 1. The van der Waals surface area contributed by atoms with Gasteiger partial charge in [-0.25, -0.2) is 0 Å². The zero-order valence-corrected chi connectivity index (χ0v) is 16.0. The first kappa shape index (κ1) is 19.5. The largest absolute Gasteiger partial charge is 0.496 e. The summed E-state index contributed by atoms with van der Waals surface area (Å²) in [4.78, 5) is 11.3. The van der Waals surface area contributed by atoms with E-state index in [1.807, 2.05) is 6.07 Å². The van der Waals surface area contributed by atoms with Gasteiger partial charge in [0.15, 0.2) is 0 Å². The number of allylic oxidation sites excluding steroid dienone is 3. The zero-order valence-electron chi connectivity index (χ0n) is 16.0. The second-order valence-electron chi connectivity index (χ2n) is 7.44. The van der Waals surface area contributed by atoms with Gasteiger partial charge in [0, 0.05) is 11.5 Å². The second kappa shape index (κ2) is 9.60. The van der Waals surface area contributed by atoms with Crippen LogP contribution in [-0.4, -0.2) is 13.4 Å². The molecule has 0 radical (unpaired) electrons. The summed E-state index contributed by atoms with van der Waals surface area (Å²) in [7, 11) is 1.69. The third-order valence-electron chi connectivity index (χ3n) is 5.47. The highest BCUT2D eigenvalue weighted by atomic mass is 16.5. The van der Waals surface area contributed by atoms with Gasteiger partial charge in [-0.1, -0.05) is 56.4 Å². The maximum Gasteiger partial charge on any atom is 0.143 e. The normalized spacial score (nSPS) is 17.2. The molecule has 1 aromatic rings. The van der Waals surface area contributed by atoms with Gasteiger partial charge in [0.2, 0.25) is 0 Å². The van der Waals surface area contributed by atoms with Crippen LogP contribution in [0.25, 0.3) is 5.57 Å². The van der Waals surface area contributed by atoms with Gasteiger partial charge in [-0.05, 0) is 55.9 Å². The molecule has 2 nitrogen and oxygen atoms in total. The summed E-state index contributed by atoms with van der Waals surface area (Å²) in [6.07, 6.45) is 11.7. The topological polar surface area (TPSA) is 26.3 Å². The fraction of sp³-hybridized carbons (Fsp3) is 0.522. The average molecular weight is 341 g/mol. The number of hydrogen-bond acceptors (Lipinski definition) is 2. The summed E-state index contributed by atoms with van der Waals surface area (Å²) in [6, 6.07) is 6.18. The number of rotatable bonds is 8. The van der Waals surface area contributed by atoms with Crippen LogP contribution >= 0.6 is 0 Å². The minimum absolute atomic E-state index is 0.198. The Morgan fingerprint density at radius 1 is 1.32 bits per heavy atom. The Bertz CT molecular complexity index is 621. The molecular formula is C23H32O2. The lowest BCUT2D eigenvalue weighted by molar-refractivity contribution is -0.104. The first-order valence-corrected chi connectivity index (χ1v) is 9.52. The van der Waals surface area contributed by atoms with Crippen molar-refractivity contribution in [3.8, 4) is 5.75 Å². The highest BCUT2D eigenvalue weighted by molar-refractivity contribution is 5.85. The Labute approximate surface area is 153 Å². The van der Waals surface area contributed by atoms with E-state index in [1.54, 1.807) is 13.2 Å². The van der Waals surface area contributed by atoms with E-state index in [4.69, 9.17) is 4.74 Å². The fourth-order valence-corrected chi connectivity index (χ4v) is 4.05. The van der Waals surface area contributed by atoms with Crippen molar-refractivity contribution in [1.29, 1.82) is 0 Å². The highest BCUT2D eigenvalue weighted by Gasteiger charge is 2.22. The van der Waals surface area contributed by atoms with Gasteiger partial charge in [-0.3, -0.25) is 4.79 Å². The summed E-state index contributed by atoms with van der Waals surface area (Å²) in [6.45, 7) is 8.35. The molecule has 0 aliphatic heterocycles. The predicted octanol–water partition coefficient (Wildman–Crippen LogP) is 6.14. The fourth-order valence-electron chi connectivity index (χ4n) is 4.05. The van der Waals surface area contributed by atoms with E-state index >= 15 is 0 Å². The van der Waals surface area contributed by atoms with Crippen molar-refractivity contribution in [1.82, 2.24) is 0 Å². The first-order valence-electron chi connectivity index (χ1n) is 9.52. The molecule has 25 heavy (non-hydrogen) atoms. The molecule has 0 spiro atoms. The molecule has 1 unspecified atom stereocenters. The van der Waals surface area contributed by atoms with E-state index in [0.29, 0.717) is 0 Å². The van der Waals surface area contributed by atoms with E-state index in [2.05, 4.69) is 32.6 Å². The molecule has 2 heteroatoms. The van der Waals surface area contributed by atoms with Crippen LogP contribution in [0, 0.1) is 18.8 Å². The van der Waals surface area contributed by atoms with Crippen molar-refractivity contribution in [3.05, 3.63) is 47.6 Å². The van der Waals surface area contributed by atoms with Crippen LogP contribution in [0.3, 0.4) is 0 Å². The van der Waals surface area contributed by atoms with Gasteiger partial charge in [-0.15, -0.1) is 0 Å². The molecule has 136 valence electrons. The molecule has 1 aliphatic carbocycles. The van der Waals surface area contributed by atoms with Crippen molar-refractivity contribution < 1.29 is 9.53 Å². The van der Waals surface area contributed by atoms with Crippen molar-refractivity contribution in [2.75, 3.05) is 7.11 Å². The standard InChI is InChI=1S/C23H32O2/c1-17(2)20(13-11-19-8-6-5-7-9-19)21(14-15-24)22-12-10-18(3)16-23(22)25-4/h10,12,14-16,19-20H,1,5-9,11,13H2,2-4H3/b21-14+. The molecule has 1 fully saturated rings. The summed E-state index contributed by atoms with van der Waals surface area (Å²) < 4.78 is 5.59. The van der Waals surface area contributed by atoms with Gasteiger partial charge < -0.3 is 4.74 Å². The van der Waals surface area contributed by atoms with Crippen LogP contribution in [0.5, 0.6) is 5.75 Å². The van der Waals surface area contributed by atoms with Crippen molar-refractivity contribution in [3.63, 3.8) is 0 Å². The maximum absolute atomic E-state index is 11.3. The zero-order chi connectivity index (χ0) is 18.2. The Morgan fingerprint density at radius 3 is 2.64 bits per heavy atom. The van der Waals surface area contributed by atoms with Gasteiger partial charge >= 0.3 is 0 Å². The number of hydrogen-bond donors (Lipinski definition) is 0. The van der Waals surface area contributed by atoms with Gasteiger partial charge in [0.1, 0.15) is 12.0 Å². The molecule has 1 atom stereocenters. The average Bonchev–Trinajstić information content (AvgIpc) is 2.61. The van der Waals surface area contributed by atoms with Gasteiger partial charge in [0.25, 0.3) is 0 Å². The summed E-state index contributed by atoms with van der Waals surface area (Å²) in [5.74, 6) is 1.86. The third kappa shape index (κ3) is 5.32. The molecule has 1 aliphatic rings. The predicted molar refractivity (Wildman–Crippen MR) is 106 cm³/mol. The van der Waals surface area contributed by atoms with Gasteiger partial charge in [0.05, 0.1) is 7.11 Å². The van der Waals surface area contributed by atoms with Crippen LogP contribution in [0.4, 0.5) is 0 Å². The van der Waals surface area contributed by atoms with Crippen molar-refractivity contribution in [2.24, 2.45) is 11.8 Å².